The van der Waals surface area contributed by atoms with Gasteiger partial charge in [0.15, 0.2) is 0 Å². The molecule has 1 aliphatic rings. The molecule has 36 heavy (non-hydrogen) atoms. The number of carbonyl (C=O) groups is 1. The summed E-state index contributed by atoms with van der Waals surface area (Å²) >= 11 is 0. The Hall–Kier alpha value is -4.26. The minimum Gasteiger partial charge on any atom is -0.471 e. The van der Waals surface area contributed by atoms with Crippen molar-refractivity contribution in [2.24, 2.45) is 7.05 Å². The Balaban J connectivity index is 1.28. The van der Waals surface area contributed by atoms with Gasteiger partial charge in [-0.1, -0.05) is 17.3 Å². The lowest BCUT2D eigenvalue weighted by Crippen LogP contribution is -2.48. The summed E-state index contributed by atoms with van der Waals surface area (Å²) in [4.78, 5) is 20.4. The lowest BCUT2D eigenvalue weighted by atomic mass is 10.1. The van der Waals surface area contributed by atoms with Crippen molar-refractivity contribution in [2.75, 3.05) is 13.2 Å². The summed E-state index contributed by atoms with van der Waals surface area (Å²) in [5, 5.41) is 11.1. The van der Waals surface area contributed by atoms with E-state index in [0.717, 1.165) is 12.1 Å². The van der Waals surface area contributed by atoms with Crippen LogP contribution in [0.5, 0.6) is 5.88 Å². The molecule has 1 N–H and O–H groups in total. The molecule has 0 saturated carbocycles. The average Bonchev–Trinajstić information content (AvgIpc) is 3.46. The third kappa shape index (κ3) is 4.91. The van der Waals surface area contributed by atoms with E-state index in [2.05, 4.69) is 25.5 Å². The predicted octanol–water partition coefficient (Wildman–Crippen LogP) is 3.26. The lowest BCUT2D eigenvalue weighted by Gasteiger charge is -2.26. The number of hydrogen-bond acceptors (Lipinski definition) is 8. The van der Waals surface area contributed by atoms with E-state index in [1.165, 1.54) is 10.9 Å². The zero-order chi connectivity index (χ0) is 25.3. The monoisotopic (exact) mass is 500 g/mol. The zero-order valence-electron chi connectivity index (χ0n) is 18.8. The van der Waals surface area contributed by atoms with E-state index in [-0.39, 0.29) is 30.3 Å². The van der Waals surface area contributed by atoms with Gasteiger partial charge >= 0.3 is 6.18 Å². The van der Waals surface area contributed by atoms with Crippen molar-refractivity contribution in [1.82, 2.24) is 30.2 Å². The van der Waals surface area contributed by atoms with Crippen molar-refractivity contribution in [3.8, 4) is 28.7 Å². The number of rotatable bonds is 7. The third-order valence-corrected chi connectivity index (χ3v) is 5.52. The molecule has 3 aromatic heterocycles. The molecule has 13 heteroatoms. The van der Waals surface area contributed by atoms with Gasteiger partial charge in [-0.25, -0.2) is 4.98 Å². The Morgan fingerprint density at radius 2 is 1.94 bits per heavy atom. The first-order valence-electron chi connectivity index (χ1n) is 10.8. The van der Waals surface area contributed by atoms with Crippen LogP contribution in [0.3, 0.4) is 0 Å². The van der Waals surface area contributed by atoms with Crippen LogP contribution in [0.15, 0.2) is 53.3 Å². The molecule has 0 aliphatic carbocycles. The number of aryl methyl sites for hydroxylation is 1. The number of nitrogens with zero attached hydrogens (tertiary/aromatic N) is 5. The molecule has 1 fully saturated rings. The van der Waals surface area contributed by atoms with Crippen LogP contribution in [-0.4, -0.2) is 50.1 Å². The summed E-state index contributed by atoms with van der Waals surface area (Å²) in [7, 11) is 1.68. The molecule has 1 saturated heterocycles. The highest BCUT2D eigenvalue weighted by Crippen LogP contribution is 2.30. The standard InChI is InChI=1S/C23H19F3N6O4/c1-32-18(12-35-19-7-6-15(8-27-19)23(24,25)26)17(9-28-32)22-30-20(31-36-22)13-2-4-14(5-3-13)21(33)29-16-10-34-11-16/h2-9,16H,10-12H2,1H3,(H,29,33). The molecular formula is C23H19F3N6O4. The number of halogens is 3. The lowest BCUT2D eigenvalue weighted by molar-refractivity contribution is -0.137. The number of hydrogen-bond donors (Lipinski definition) is 1. The van der Waals surface area contributed by atoms with Crippen LogP contribution in [0.1, 0.15) is 21.6 Å². The van der Waals surface area contributed by atoms with Crippen LogP contribution in [0, 0.1) is 0 Å². The van der Waals surface area contributed by atoms with Gasteiger partial charge in [0.1, 0.15) is 6.61 Å². The first kappa shape index (κ1) is 23.5. The number of ether oxygens (including phenoxy) is 2. The topological polar surface area (TPSA) is 117 Å². The first-order valence-corrected chi connectivity index (χ1v) is 10.8. The number of carbonyl (C=O) groups excluding carboxylic acids is 1. The van der Waals surface area contributed by atoms with E-state index < -0.39 is 11.7 Å². The average molecular weight is 500 g/mol. The van der Waals surface area contributed by atoms with Crippen LogP contribution >= 0.6 is 0 Å². The molecule has 0 bridgehead atoms. The van der Waals surface area contributed by atoms with Gasteiger partial charge in [0.05, 0.1) is 42.3 Å². The van der Waals surface area contributed by atoms with Crippen molar-refractivity contribution in [2.45, 2.75) is 18.8 Å². The highest BCUT2D eigenvalue weighted by Gasteiger charge is 2.30. The van der Waals surface area contributed by atoms with Gasteiger partial charge < -0.3 is 19.3 Å². The van der Waals surface area contributed by atoms with Gasteiger partial charge in [-0.3, -0.25) is 9.48 Å². The molecule has 0 unspecified atom stereocenters. The molecule has 5 rings (SSSR count). The zero-order valence-corrected chi connectivity index (χ0v) is 18.8. The van der Waals surface area contributed by atoms with Gasteiger partial charge in [0.25, 0.3) is 11.8 Å². The Labute approximate surface area is 202 Å². The fourth-order valence-corrected chi connectivity index (χ4v) is 3.40. The second-order valence-electron chi connectivity index (χ2n) is 8.01. The molecule has 10 nitrogen and oxygen atoms in total. The highest BCUT2D eigenvalue weighted by molar-refractivity contribution is 5.94. The van der Waals surface area contributed by atoms with Crippen LogP contribution in [0.2, 0.25) is 0 Å². The molecule has 0 atom stereocenters. The molecule has 0 spiro atoms. The quantitative estimate of drug-likeness (QED) is 0.411. The Morgan fingerprint density at radius 1 is 1.17 bits per heavy atom. The van der Waals surface area contributed by atoms with Gasteiger partial charge in [-0.15, -0.1) is 0 Å². The highest BCUT2D eigenvalue weighted by atomic mass is 19.4. The van der Waals surface area contributed by atoms with Crippen LogP contribution < -0.4 is 10.1 Å². The third-order valence-electron chi connectivity index (χ3n) is 5.52. The maximum Gasteiger partial charge on any atom is 0.417 e. The molecule has 1 aliphatic heterocycles. The Morgan fingerprint density at radius 3 is 2.58 bits per heavy atom. The van der Waals surface area contributed by atoms with Gasteiger partial charge in [-0.05, 0) is 18.2 Å². The van der Waals surface area contributed by atoms with Crippen molar-refractivity contribution < 1.29 is 32.0 Å². The second-order valence-corrected chi connectivity index (χ2v) is 8.01. The smallest absolute Gasteiger partial charge is 0.417 e. The molecule has 4 aromatic rings. The number of aromatic nitrogens is 5. The summed E-state index contributed by atoms with van der Waals surface area (Å²) in [5.41, 5.74) is 1.33. The van der Waals surface area contributed by atoms with Crippen LogP contribution in [-0.2, 0) is 24.6 Å². The van der Waals surface area contributed by atoms with E-state index >= 15 is 0 Å². The van der Waals surface area contributed by atoms with Gasteiger partial charge in [0.2, 0.25) is 11.7 Å². The summed E-state index contributed by atoms with van der Waals surface area (Å²) in [6.45, 7) is 0.979. The van der Waals surface area contributed by atoms with Crippen LogP contribution in [0.25, 0.3) is 22.8 Å². The number of nitrogens with one attached hydrogen (secondary N) is 1. The normalized spacial score (nSPS) is 13.9. The van der Waals surface area contributed by atoms with Crippen LogP contribution in [0.4, 0.5) is 13.2 Å². The predicted molar refractivity (Wildman–Crippen MR) is 118 cm³/mol. The SMILES string of the molecule is Cn1ncc(-c2nc(-c3ccc(C(=O)NC4COC4)cc3)no2)c1COc1ccc(C(F)(F)F)cn1. The minimum absolute atomic E-state index is 0.0235. The van der Waals surface area contributed by atoms with E-state index in [4.69, 9.17) is 14.0 Å². The second kappa shape index (κ2) is 9.41. The van der Waals surface area contributed by atoms with Crippen molar-refractivity contribution in [3.05, 3.63) is 65.6 Å². The minimum atomic E-state index is -4.48. The van der Waals surface area contributed by atoms with E-state index in [1.807, 2.05) is 0 Å². The van der Waals surface area contributed by atoms with E-state index in [0.29, 0.717) is 47.6 Å². The van der Waals surface area contributed by atoms with Crippen molar-refractivity contribution in [3.63, 3.8) is 0 Å². The molecule has 1 aromatic carbocycles. The number of benzene rings is 1. The molecule has 4 heterocycles. The number of pyridine rings is 1. The maximum atomic E-state index is 12.7. The first-order chi connectivity index (χ1) is 17.3. The van der Waals surface area contributed by atoms with Gasteiger partial charge in [0, 0.05) is 30.4 Å². The molecular weight excluding hydrogens is 481 g/mol. The fourth-order valence-electron chi connectivity index (χ4n) is 3.40. The molecule has 186 valence electrons. The van der Waals surface area contributed by atoms with Crippen molar-refractivity contribution in [1.29, 1.82) is 0 Å². The molecule has 0 radical (unpaired) electrons. The fraction of sp³-hybridized carbons (Fsp3) is 0.261. The van der Waals surface area contributed by atoms with Crippen molar-refractivity contribution >= 4 is 5.91 Å². The summed E-state index contributed by atoms with van der Waals surface area (Å²) < 4.78 is 55.7. The van der Waals surface area contributed by atoms with Gasteiger partial charge in [-0.2, -0.15) is 23.3 Å². The maximum absolute atomic E-state index is 12.7. The summed E-state index contributed by atoms with van der Waals surface area (Å²) in [5.74, 6) is 0.329. The number of alkyl halides is 3. The van der Waals surface area contributed by atoms with E-state index in [1.54, 1.807) is 31.3 Å². The number of amides is 1. The Bertz CT molecular complexity index is 1360. The van der Waals surface area contributed by atoms with E-state index in [9.17, 15) is 18.0 Å². The summed E-state index contributed by atoms with van der Waals surface area (Å²) in [6, 6.07) is 8.83. The largest absolute Gasteiger partial charge is 0.471 e. The summed E-state index contributed by atoms with van der Waals surface area (Å²) in [6.07, 6.45) is -2.25. The Kier molecular flexibility index (Phi) is 6.14. The molecule has 1 amide bonds.